The summed E-state index contributed by atoms with van der Waals surface area (Å²) in [6.45, 7) is 3.21. The van der Waals surface area contributed by atoms with Crippen LogP contribution in [0.1, 0.15) is 28.4 Å². The SMILES string of the molecule is CCOC(=O)c1ccc(NC(=O)CN(Cc2ccc(F)cc2)S(=O)(=O)c2ccc(C)cc2)cc1. The van der Waals surface area contributed by atoms with Crippen molar-refractivity contribution >= 4 is 27.6 Å². The van der Waals surface area contributed by atoms with E-state index in [0.717, 1.165) is 9.87 Å². The Kier molecular flexibility index (Phi) is 8.14. The Labute approximate surface area is 198 Å². The highest BCUT2D eigenvalue weighted by molar-refractivity contribution is 7.89. The van der Waals surface area contributed by atoms with E-state index in [1.165, 1.54) is 60.7 Å². The van der Waals surface area contributed by atoms with Crippen LogP contribution in [-0.2, 0) is 26.1 Å². The van der Waals surface area contributed by atoms with Crippen LogP contribution in [-0.4, -0.2) is 37.8 Å². The van der Waals surface area contributed by atoms with Crippen LogP contribution >= 0.6 is 0 Å². The van der Waals surface area contributed by atoms with Gasteiger partial charge in [-0.1, -0.05) is 29.8 Å². The van der Waals surface area contributed by atoms with Crippen LogP contribution in [0.2, 0.25) is 0 Å². The van der Waals surface area contributed by atoms with Crippen molar-refractivity contribution in [3.63, 3.8) is 0 Å². The maximum absolute atomic E-state index is 13.3. The first-order valence-corrected chi connectivity index (χ1v) is 12.0. The molecule has 7 nitrogen and oxygen atoms in total. The second-order valence-electron chi connectivity index (χ2n) is 7.56. The first kappa shape index (κ1) is 25.1. The molecule has 0 aliphatic heterocycles. The lowest BCUT2D eigenvalue weighted by Gasteiger charge is -2.22. The average molecular weight is 485 g/mol. The topological polar surface area (TPSA) is 92.8 Å². The highest BCUT2D eigenvalue weighted by atomic mass is 32.2. The third kappa shape index (κ3) is 6.49. The molecule has 0 radical (unpaired) electrons. The van der Waals surface area contributed by atoms with E-state index in [1.807, 2.05) is 6.92 Å². The van der Waals surface area contributed by atoms with Gasteiger partial charge in [-0.25, -0.2) is 17.6 Å². The number of carbonyl (C=O) groups excluding carboxylic acids is 2. The molecule has 0 saturated carbocycles. The highest BCUT2D eigenvalue weighted by Crippen LogP contribution is 2.20. The van der Waals surface area contributed by atoms with Crippen LogP contribution < -0.4 is 5.32 Å². The summed E-state index contributed by atoms with van der Waals surface area (Å²) < 4.78 is 45.9. The molecule has 0 heterocycles. The van der Waals surface area contributed by atoms with Gasteiger partial charge in [0.05, 0.1) is 23.6 Å². The van der Waals surface area contributed by atoms with Crippen LogP contribution in [0.3, 0.4) is 0 Å². The zero-order chi connectivity index (χ0) is 24.7. The molecule has 1 amide bonds. The number of rotatable bonds is 9. The van der Waals surface area contributed by atoms with Gasteiger partial charge in [0.1, 0.15) is 5.82 Å². The number of esters is 1. The Morgan fingerprint density at radius 2 is 1.56 bits per heavy atom. The van der Waals surface area contributed by atoms with E-state index in [4.69, 9.17) is 4.74 Å². The lowest BCUT2D eigenvalue weighted by atomic mass is 10.2. The minimum absolute atomic E-state index is 0.0480. The van der Waals surface area contributed by atoms with Crippen LogP contribution in [0.25, 0.3) is 0 Å². The van der Waals surface area contributed by atoms with Crippen molar-refractivity contribution in [1.29, 1.82) is 0 Å². The molecule has 0 aliphatic carbocycles. The first-order chi connectivity index (χ1) is 16.2. The second kappa shape index (κ2) is 11.0. The lowest BCUT2D eigenvalue weighted by Crippen LogP contribution is -2.37. The molecule has 0 aliphatic rings. The molecule has 0 unspecified atom stereocenters. The molecule has 3 rings (SSSR count). The third-order valence-corrected chi connectivity index (χ3v) is 6.74. The number of amides is 1. The summed E-state index contributed by atoms with van der Waals surface area (Å²) in [5.74, 6) is -1.49. The van der Waals surface area contributed by atoms with Gasteiger partial charge < -0.3 is 10.1 Å². The Balaban J connectivity index is 1.80. The molecule has 0 fully saturated rings. The van der Waals surface area contributed by atoms with Crippen molar-refractivity contribution in [2.24, 2.45) is 0 Å². The molecule has 0 bridgehead atoms. The number of ether oxygens (including phenoxy) is 1. The molecule has 0 atom stereocenters. The summed E-state index contributed by atoms with van der Waals surface area (Å²) in [5.41, 5.74) is 2.16. The smallest absolute Gasteiger partial charge is 0.338 e. The summed E-state index contributed by atoms with van der Waals surface area (Å²) >= 11 is 0. The Hall–Kier alpha value is -3.56. The number of hydrogen-bond donors (Lipinski definition) is 1. The van der Waals surface area contributed by atoms with Gasteiger partial charge in [0.25, 0.3) is 0 Å². The number of anilines is 1. The average Bonchev–Trinajstić information content (AvgIpc) is 2.81. The summed E-state index contributed by atoms with van der Waals surface area (Å²) in [4.78, 5) is 24.6. The van der Waals surface area contributed by atoms with Gasteiger partial charge in [-0.3, -0.25) is 4.79 Å². The van der Waals surface area contributed by atoms with Crippen molar-refractivity contribution in [1.82, 2.24) is 4.31 Å². The number of benzene rings is 3. The molecule has 9 heteroatoms. The Morgan fingerprint density at radius 1 is 0.941 bits per heavy atom. The lowest BCUT2D eigenvalue weighted by molar-refractivity contribution is -0.116. The number of halogens is 1. The standard InChI is InChI=1S/C25H25FN2O5S/c1-3-33-25(30)20-8-12-22(13-9-20)27-24(29)17-28(16-19-6-10-21(26)11-7-19)34(31,32)23-14-4-18(2)5-15-23/h4-15H,3,16-17H2,1-2H3,(H,27,29). The monoisotopic (exact) mass is 484 g/mol. The number of sulfonamides is 1. The van der Waals surface area contributed by atoms with E-state index in [0.29, 0.717) is 16.8 Å². The van der Waals surface area contributed by atoms with E-state index in [9.17, 15) is 22.4 Å². The summed E-state index contributed by atoms with van der Waals surface area (Å²) in [5, 5.41) is 2.64. The molecule has 0 saturated heterocycles. The van der Waals surface area contributed by atoms with E-state index < -0.39 is 34.3 Å². The molecule has 34 heavy (non-hydrogen) atoms. The summed E-state index contributed by atoms with van der Waals surface area (Å²) in [6.07, 6.45) is 0. The van der Waals surface area contributed by atoms with E-state index in [-0.39, 0.29) is 18.0 Å². The van der Waals surface area contributed by atoms with Gasteiger partial charge in [0.2, 0.25) is 15.9 Å². The maximum Gasteiger partial charge on any atom is 0.338 e. The van der Waals surface area contributed by atoms with Crippen LogP contribution in [0, 0.1) is 12.7 Å². The molecular weight excluding hydrogens is 459 g/mol. The van der Waals surface area contributed by atoms with Crippen LogP contribution in [0.15, 0.2) is 77.7 Å². The molecule has 3 aromatic rings. The van der Waals surface area contributed by atoms with Crippen molar-refractivity contribution in [2.75, 3.05) is 18.5 Å². The Bertz CT molecular complexity index is 1240. The second-order valence-corrected chi connectivity index (χ2v) is 9.50. The van der Waals surface area contributed by atoms with Crippen molar-refractivity contribution in [2.45, 2.75) is 25.3 Å². The van der Waals surface area contributed by atoms with E-state index in [1.54, 1.807) is 19.1 Å². The predicted octanol–water partition coefficient (Wildman–Crippen LogP) is 4.14. The number of aryl methyl sites for hydroxylation is 1. The van der Waals surface area contributed by atoms with Gasteiger partial charge in [-0.05, 0) is 67.9 Å². The number of hydrogen-bond acceptors (Lipinski definition) is 5. The minimum atomic E-state index is -4.02. The van der Waals surface area contributed by atoms with Crippen LogP contribution in [0.4, 0.5) is 10.1 Å². The molecule has 3 aromatic carbocycles. The zero-order valence-corrected chi connectivity index (χ0v) is 19.6. The number of carbonyl (C=O) groups is 2. The minimum Gasteiger partial charge on any atom is -0.462 e. The number of nitrogens with zero attached hydrogens (tertiary/aromatic N) is 1. The third-order valence-electron chi connectivity index (χ3n) is 4.93. The Morgan fingerprint density at radius 3 is 2.15 bits per heavy atom. The van der Waals surface area contributed by atoms with Crippen LogP contribution in [0.5, 0.6) is 0 Å². The molecule has 0 aromatic heterocycles. The quantitative estimate of drug-likeness (QED) is 0.461. The van der Waals surface area contributed by atoms with E-state index >= 15 is 0 Å². The van der Waals surface area contributed by atoms with Gasteiger partial charge in [-0.15, -0.1) is 0 Å². The largest absolute Gasteiger partial charge is 0.462 e. The van der Waals surface area contributed by atoms with Gasteiger partial charge in [0.15, 0.2) is 0 Å². The molecular formula is C25H25FN2O5S. The number of nitrogens with one attached hydrogen (secondary N) is 1. The maximum atomic E-state index is 13.3. The first-order valence-electron chi connectivity index (χ1n) is 10.6. The van der Waals surface area contributed by atoms with Crippen molar-refractivity contribution in [3.05, 3.63) is 95.3 Å². The predicted molar refractivity (Wildman–Crippen MR) is 126 cm³/mol. The van der Waals surface area contributed by atoms with Crippen molar-refractivity contribution < 1.29 is 27.1 Å². The molecule has 0 spiro atoms. The van der Waals surface area contributed by atoms with Crippen molar-refractivity contribution in [3.8, 4) is 0 Å². The van der Waals surface area contributed by atoms with Gasteiger partial charge >= 0.3 is 5.97 Å². The zero-order valence-electron chi connectivity index (χ0n) is 18.8. The van der Waals surface area contributed by atoms with Gasteiger partial charge in [0, 0.05) is 12.2 Å². The summed E-state index contributed by atoms with van der Waals surface area (Å²) in [7, 11) is -4.02. The fourth-order valence-corrected chi connectivity index (χ4v) is 4.53. The fraction of sp³-hybridized carbons (Fsp3) is 0.200. The van der Waals surface area contributed by atoms with E-state index in [2.05, 4.69) is 5.32 Å². The molecule has 178 valence electrons. The molecule has 1 N–H and O–H groups in total. The normalized spacial score (nSPS) is 11.3. The highest BCUT2D eigenvalue weighted by Gasteiger charge is 2.27. The fourth-order valence-electron chi connectivity index (χ4n) is 3.14. The summed E-state index contributed by atoms with van der Waals surface area (Å²) in [6, 6.07) is 17.8. The van der Waals surface area contributed by atoms with Gasteiger partial charge in [-0.2, -0.15) is 4.31 Å².